The molecule has 0 heterocycles. The van der Waals surface area contributed by atoms with Gasteiger partial charge in [0.1, 0.15) is 5.75 Å². The van der Waals surface area contributed by atoms with Crippen molar-refractivity contribution in [1.82, 2.24) is 0 Å². The van der Waals surface area contributed by atoms with Gasteiger partial charge in [0, 0.05) is 21.0 Å². The lowest BCUT2D eigenvalue weighted by Gasteiger charge is -2.07. The molecule has 4 heteroatoms. The van der Waals surface area contributed by atoms with Crippen molar-refractivity contribution in [2.75, 3.05) is 0 Å². The van der Waals surface area contributed by atoms with Crippen molar-refractivity contribution < 1.29 is 9.53 Å². The highest BCUT2D eigenvalue weighted by Gasteiger charge is 2.07. The van der Waals surface area contributed by atoms with Gasteiger partial charge < -0.3 is 4.74 Å². The summed E-state index contributed by atoms with van der Waals surface area (Å²) in [4.78, 5) is 12.0. The van der Waals surface area contributed by atoms with Crippen LogP contribution in [0.25, 0.3) is 16.8 Å². The average molecular weight is 388 g/mol. The SMILES string of the molecule is O=C(/C=C/c1ccc(Cl)cc1)Oc1ccc(Br)c2ccccc12. The predicted octanol–water partition coefficient (Wildman–Crippen LogP) is 5.87. The first kappa shape index (κ1) is 15.8. The van der Waals surface area contributed by atoms with Crippen LogP contribution in [-0.4, -0.2) is 5.97 Å². The lowest BCUT2D eigenvalue weighted by molar-refractivity contribution is -0.128. The zero-order chi connectivity index (χ0) is 16.2. The Bertz CT molecular complexity index is 886. The molecule has 0 aliphatic carbocycles. The van der Waals surface area contributed by atoms with Crippen molar-refractivity contribution >= 4 is 50.3 Å². The van der Waals surface area contributed by atoms with Crippen LogP contribution >= 0.6 is 27.5 Å². The molecular formula is C19H12BrClO2. The van der Waals surface area contributed by atoms with Gasteiger partial charge in [-0.2, -0.15) is 0 Å². The van der Waals surface area contributed by atoms with Crippen molar-refractivity contribution in [3.05, 3.63) is 81.8 Å². The fourth-order valence-corrected chi connectivity index (χ4v) is 2.81. The van der Waals surface area contributed by atoms with Crippen molar-refractivity contribution in [1.29, 1.82) is 0 Å². The Morgan fingerprint density at radius 2 is 1.65 bits per heavy atom. The monoisotopic (exact) mass is 386 g/mol. The number of carbonyl (C=O) groups is 1. The van der Waals surface area contributed by atoms with Crippen LogP contribution < -0.4 is 4.74 Å². The Balaban J connectivity index is 1.81. The van der Waals surface area contributed by atoms with E-state index in [0.717, 1.165) is 20.8 Å². The summed E-state index contributed by atoms with van der Waals surface area (Å²) < 4.78 is 6.42. The third-order valence-electron chi connectivity index (χ3n) is 3.32. The number of hydrogen-bond acceptors (Lipinski definition) is 2. The normalized spacial score (nSPS) is 11.0. The quantitative estimate of drug-likeness (QED) is 0.319. The van der Waals surface area contributed by atoms with Crippen LogP contribution in [0.2, 0.25) is 5.02 Å². The van der Waals surface area contributed by atoms with Crippen LogP contribution in [0.5, 0.6) is 5.75 Å². The molecule has 0 atom stereocenters. The first-order valence-corrected chi connectivity index (χ1v) is 8.13. The van der Waals surface area contributed by atoms with Crippen LogP contribution in [0.4, 0.5) is 0 Å². The molecule has 0 unspecified atom stereocenters. The van der Waals surface area contributed by atoms with E-state index in [4.69, 9.17) is 16.3 Å². The molecule has 0 spiro atoms. The molecule has 0 saturated carbocycles. The number of benzene rings is 3. The van der Waals surface area contributed by atoms with Crippen LogP contribution in [0.1, 0.15) is 5.56 Å². The molecule has 2 nitrogen and oxygen atoms in total. The average Bonchev–Trinajstić information content (AvgIpc) is 2.57. The number of carbonyl (C=O) groups excluding carboxylic acids is 1. The molecule has 0 radical (unpaired) electrons. The van der Waals surface area contributed by atoms with E-state index in [9.17, 15) is 4.79 Å². The van der Waals surface area contributed by atoms with Crippen molar-refractivity contribution in [2.24, 2.45) is 0 Å². The standard InChI is InChI=1S/C19H12BrClO2/c20-17-10-11-18(16-4-2-1-3-15(16)17)23-19(22)12-7-13-5-8-14(21)9-6-13/h1-12H/b12-7+. The van der Waals surface area contributed by atoms with E-state index < -0.39 is 5.97 Å². The predicted molar refractivity (Wildman–Crippen MR) is 97.8 cm³/mol. The minimum absolute atomic E-state index is 0.424. The van der Waals surface area contributed by atoms with Crippen molar-refractivity contribution in [2.45, 2.75) is 0 Å². The minimum Gasteiger partial charge on any atom is -0.423 e. The fourth-order valence-electron chi connectivity index (χ4n) is 2.20. The van der Waals surface area contributed by atoms with Gasteiger partial charge in [0.25, 0.3) is 0 Å². The summed E-state index contributed by atoms with van der Waals surface area (Å²) in [7, 11) is 0. The first-order chi connectivity index (χ1) is 11.1. The van der Waals surface area contributed by atoms with Gasteiger partial charge in [0.2, 0.25) is 0 Å². The maximum Gasteiger partial charge on any atom is 0.336 e. The van der Waals surface area contributed by atoms with Crippen LogP contribution in [-0.2, 0) is 4.79 Å². The molecule has 0 aromatic heterocycles. The fraction of sp³-hybridized carbons (Fsp3) is 0. The van der Waals surface area contributed by atoms with Gasteiger partial charge in [-0.25, -0.2) is 4.79 Å². The van der Waals surface area contributed by atoms with Crippen LogP contribution in [0.3, 0.4) is 0 Å². The molecule has 0 fully saturated rings. The van der Waals surface area contributed by atoms with Crippen LogP contribution in [0, 0.1) is 0 Å². The molecule has 0 N–H and O–H groups in total. The molecule has 0 bridgehead atoms. The Morgan fingerprint density at radius 1 is 0.957 bits per heavy atom. The molecular weight excluding hydrogens is 376 g/mol. The third kappa shape index (κ3) is 3.81. The number of ether oxygens (including phenoxy) is 1. The van der Waals surface area contributed by atoms with Gasteiger partial charge in [-0.05, 0) is 41.3 Å². The third-order valence-corrected chi connectivity index (χ3v) is 4.27. The summed E-state index contributed by atoms with van der Waals surface area (Å²) in [5.41, 5.74) is 0.881. The highest BCUT2D eigenvalue weighted by Crippen LogP contribution is 2.31. The highest BCUT2D eigenvalue weighted by molar-refractivity contribution is 9.10. The Hall–Kier alpha value is -2.10. The maximum atomic E-state index is 12.0. The number of rotatable bonds is 3. The van der Waals surface area contributed by atoms with E-state index in [1.165, 1.54) is 6.08 Å². The van der Waals surface area contributed by atoms with Gasteiger partial charge in [0.05, 0.1) is 0 Å². The summed E-state index contributed by atoms with van der Waals surface area (Å²) >= 11 is 9.33. The van der Waals surface area contributed by atoms with E-state index in [0.29, 0.717) is 10.8 Å². The zero-order valence-corrected chi connectivity index (χ0v) is 14.3. The summed E-state index contributed by atoms with van der Waals surface area (Å²) in [5.74, 6) is 0.113. The molecule has 3 aromatic rings. The Kier molecular flexibility index (Phi) is 4.79. The lowest BCUT2D eigenvalue weighted by Crippen LogP contribution is -2.04. The molecule has 23 heavy (non-hydrogen) atoms. The topological polar surface area (TPSA) is 26.3 Å². The van der Waals surface area contributed by atoms with E-state index in [1.54, 1.807) is 24.3 Å². The summed E-state index contributed by atoms with van der Waals surface area (Å²) in [6.45, 7) is 0. The van der Waals surface area contributed by atoms with E-state index in [-0.39, 0.29) is 0 Å². The highest BCUT2D eigenvalue weighted by atomic mass is 79.9. The van der Waals surface area contributed by atoms with E-state index in [2.05, 4.69) is 15.9 Å². The van der Waals surface area contributed by atoms with Gasteiger partial charge in [-0.15, -0.1) is 0 Å². The number of fused-ring (bicyclic) bond motifs is 1. The smallest absolute Gasteiger partial charge is 0.336 e. The summed E-state index contributed by atoms with van der Waals surface area (Å²) in [6.07, 6.45) is 3.10. The van der Waals surface area contributed by atoms with Gasteiger partial charge >= 0.3 is 5.97 Å². The van der Waals surface area contributed by atoms with Crippen LogP contribution in [0.15, 0.2) is 71.2 Å². The van der Waals surface area contributed by atoms with E-state index in [1.807, 2.05) is 42.5 Å². The number of halogens is 2. The molecule has 114 valence electrons. The van der Waals surface area contributed by atoms with Gasteiger partial charge in [0.15, 0.2) is 0 Å². The summed E-state index contributed by atoms with van der Waals surface area (Å²) in [6, 6.07) is 18.6. The second kappa shape index (κ2) is 6.99. The van der Waals surface area contributed by atoms with Crippen molar-refractivity contribution in [3.63, 3.8) is 0 Å². The molecule has 0 amide bonds. The molecule has 0 aliphatic rings. The van der Waals surface area contributed by atoms with E-state index >= 15 is 0 Å². The van der Waals surface area contributed by atoms with Crippen molar-refractivity contribution in [3.8, 4) is 5.75 Å². The second-order valence-electron chi connectivity index (χ2n) is 4.90. The van der Waals surface area contributed by atoms with Gasteiger partial charge in [-0.3, -0.25) is 0 Å². The minimum atomic E-state index is -0.424. The Labute approximate surface area is 147 Å². The second-order valence-corrected chi connectivity index (χ2v) is 6.19. The molecule has 3 rings (SSSR count). The zero-order valence-electron chi connectivity index (χ0n) is 12.0. The first-order valence-electron chi connectivity index (χ1n) is 6.96. The molecule has 0 saturated heterocycles. The van der Waals surface area contributed by atoms with Gasteiger partial charge in [-0.1, -0.05) is 63.9 Å². The number of esters is 1. The molecule has 0 aliphatic heterocycles. The number of hydrogen-bond donors (Lipinski definition) is 0. The lowest BCUT2D eigenvalue weighted by atomic mass is 10.1. The Morgan fingerprint density at radius 3 is 2.39 bits per heavy atom. The summed E-state index contributed by atoms with van der Waals surface area (Å²) in [5, 5.41) is 2.54. The largest absolute Gasteiger partial charge is 0.423 e. The maximum absolute atomic E-state index is 12.0. The molecule has 3 aromatic carbocycles.